The van der Waals surface area contributed by atoms with Crippen molar-refractivity contribution in [3.63, 3.8) is 0 Å². The second-order valence-corrected chi connectivity index (χ2v) is 8.22. The molecule has 0 amide bonds. The Bertz CT molecular complexity index is 712. The molecule has 2 rings (SSSR count). The van der Waals surface area contributed by atoms with Gasteiger partial charge in [0, 0.05) is 11.5 Å². The van der Waals surface area contributed by atoms with E-state index in [1.807, 2.05) is 0 Å². The highest BCUT2D eigenvalue weighted by atomic mass is 79.9. The van der Waals surface area contributed by atoms with Crippen LogP contribution in [0.4, 0.5) is 11.4 Å². The van der Waals surface area contributed by atoms with Crippen LogP contribution in [0, 0.1) is 6.92 Å². The highest BCUT2D eigenvalue weighted by Crippen LogP contribution is 2.31. The van der Waals surface area contributed by atoms with Crippen molar-refractivity contribution in [2.24, 2.45) is 0 Å². The van der Waals surface area contributed by atoms with Crippen LogP contribution in [0.5, 0.6) is 0 Å². The zero-order valence-corrected chi connectivity index (χ0v) is 13.5. The summed E-state index contributed by atoms with van der Waals surface area (Å²) in [5, 5.41) is 0.704. The molecule has 0 fully saturated rings. The number of nitrogen functional groups attached to an aromatic ring is 1. The van der Waals surface area contributed by atoms with E-state index in [2.05, 4.69) is 20.9 Å². The number of aromatic nitrogens is 1. The molecule has 0 bridgehead atoms. The van der Waals surface area contributed by atoms with Crippen molar-refractivity contribution in [1.29, 1.82) is 0 Å². The van der Waals surface area contributed by atoms with Gasteiger partial charge >= 0.3 is 0 Å². The van der Waals surface area contributed by atoms with Crippen LogP contribution in [0.25, 0.3) is 0 Å². The lowest BCUT2D eigenvalue weighted by atomic mass is 10.3. The fourth-order valence-corrected chi connectivity index (χ4v) is 4.42. The van der Waals surface area contributed by atoms with Gasteiger partial charge in [-0.1, -0.05) is 15.9 Å². The van der Waals surface area contributed by atoms with Gasteiger partial charge in [-0.2, -0.15) is 0 Å². The molecule has 2 N–H and O–H groups in total. The molecule has 1 aromatic heterocycles. The zero-order chi connectivity index (χ0) is 14.2. The third kappa shape index (κ3) is 2.75. The van der Waals surface area contributed by atoms with Gasteiger partial charge in [0.1, 0.15) is 0 Å². The third-order valence-electron chi connectivity index (χ3n) is 2.54. The summed E-state index contributed by atoms with van der Waals surface area (Å²) in [5.41, 5.74) is 6.68. The van der Waals surface area contributed by atoms with Gasteiger partial charge in [-0.3, -0.25) is 4.31 Å². The van der Waals surface area contributed by atoms with E-state index in [1.165, 1.54) is 17.5 Å². The number of anilines is 2. The molecular weight excluding hydrogens is 350 g/mol. The normalized spacial score (nSPS) is 11.5. The number of hydrogen-bond acceptors (Lipinski definition) is 5. The molecule has 0 radical (unpaired) electrons. The standard InChI is InChI=1S/C11H12BrN3O2S2/c1-7-14-6-11(18-7)19(16,17)15(2)10-4-3-8(12)5-9(10)13/h3-6H,13H2,1-2H3. The van der Waals surface area contributed by atoms with Crippen LogP contribution < -0.4 is 10.0 Å². The molecule has 0 aliphatic heterocycles. The minimum absolute atomic E-state index is 0.204. The second kappa shape index (κ2) is 5.10. The van der Waals surface area contributed by atoms with Gasteiger partial charge < -0.3 is 5.73 Å². The molecule has 5 nitrogen and oxygen atoms in total. The Morgan fingerprint density at radius 1 is 1.42 bits per heavy atom. The topological polar surface area (TPSA) is 76.3 Å². The van der Waals surface area contributed by atoms with Crippen molar-refractivity contribution in [3.8, 4) is 0 Å². The summed E-state index contributed by atoms with van der Waals surface area (Å²) < 4.78 is 27.0. The van der Waals surface area contributed by atoms with Crippen molar-refractivity contribution < 1.29 is 8.42 Å². The Hall–Kier alpha value is -1.12. The number of nitrogens with zero attached hydrogens (tertiary/aromatic N) is 2. The van der Waals surface area contributed by atoms with E-state index in [4.69, 9.17) is 5.73 Å². The van der Waals surface area contributed by atoms with Gasteiger partial charge in [0.15, 0.2) is 4.21 Å². The van der Waals surface area contributed by atoms with Crippen LogP contribution in [-0.2, 0) is 10.0 Å². The highest BCUT2D eigenvalue weighted by molar-refractivity contribution is 9.10. The number of hydrogen-bond donors (Lipinski definition) is 1. The largest absolute Gasteiger partial charge is 0.397 e. The Labute approximate surface area is 124 Å². The van der Waals surface area contributed by atoms with Gasteiger partial charge in [-0.15, -0.1) is 11.3 Å². The van der Waals surface area contributed by atoms with Crippen LogP contribution in [-0.4, -0.2) is 20.4 Å². The summed E-state index contributed by atoms with van der Waals surface area (Å²) in [6, 6.07) is 5.07. The van der Waals surface area contributed by atoms with E-state index in [-0.39, 0.29) is 4.21 Å². The van der Waals surface area contributed by atoms with Crippen LogP contribution in [0.3, 0.4) is 0 Å². The van der Waals surface area contributed by atoms with Gasteiger partial charge in [-0.25, -0.2) is 13.4 Å². The second-order valence-electron chi connectivity index (χ2n) is 3.87. The number of sulfonamides is 1. The summed E-state index contributed by atoms with van der Waals surface area (Å²) in [6.45, 7) is 1.76. The molecule has 0 saturated heterocycles. The fraction of sp³-hybridized carbons (Fsp3) is 0.182. The summed E-state index contributed by atoms with van der Waals surface area (Å²) in [4.78, 5) is 3.97. The SMILES string of the molecule is Cc1ncc(S(=O)(=O)N(C)c2ccc(Br)cc2N)s1. The lowest BCUT2D eigenvalue weighted by Crippen LogP contribution is -2.26. The van der Waals surface area contributed by atoms with Crippen molar-refractivity contribution in [1.82, 2.24) is 4.98 Å². The van der Waals surface area contributed by atoms with Crippen molar-refractivity contribution in [3.05, 3.63) is 33.9 Å². The Balaban J connectivity index is 2.46. The number of thiazole rings is 1. The summed E-state index contributed by atoms with van der Waals surface area (Å²) in [7, 11) is -2.14. The first-order chi connectivity index (χ1) is 8.82. The molecule has 0 unspecified atom stereocenters. The van der Waals surface area contributed by atoms with E-state index in [9.17, 15) is 8.42 Å². The van der Waals surface area contributed by atoms with E-state index < -0.39 is 10.0 Å². The molecule has 0 aliphatic carbocycles. The average molecular weight is 362 g/mol. The van der Waals surface area contributed by atoms with Crippen molar-refractivity contribution in [2.75, 3.05) is 17.1 Å². The molecule has 0 aliphatic rings. The molecule has 2 aromatic rings. The van der Waals surface area contributed by atoms with E-state index in [0.29, 0.717) is 16.4 Å². The minimum Gasteiger partial charge on any atom is -0.397 e. The predicted octanol–water partition coefficient (Wildman–Crippen LogP) is 2.62. The van der Waals surface area contributed by atoms with Gasteiger partial charge in [-0.05, 0) is 25.1 Å². The van der Waals surface area contributed by atoms with Gasteiger partial charge in [0.05, 0.1) is 22.6 Å². The van der Waals surface area contributed by atoms with Crippen LogP contribution in [0.15, 0.2) is 33.1 Å². The number of nitrogens with two attached hydrogens (primary N) is 1. The van der Waals surface area contributed by atoms with E-state index in [0.717, 1.165) is 15.8 Å². The summed E-state index contributed by atoms with van der Waals surface area (Å²) in [6.07, 6.45) is 1.36. The predicted molar refractivity (Wildman–Crippen MR) is 81.0 cm³/mol. The maximum Gasteiger partial charge on any atom is 0.275 e. The molecule has 19 heavy (non-hydrogen) atoms. The van der Waals surface area contributed by atoms with Crippen molar-refractivity contribution >= 4 is 48.7 Å². The Morgan fingerprint density at radius 3 is 2.63 bits per heavy atom. The van der Waals surface area contributed by atoms with E-state index in [1.54, 1.807) is 25.1 Å². The quantitative estimate of drug-likeness (QED) is 0.852. The van der Waals surface area contributed by atoms with Gasteiger partial charge in [0.25, 0.3) is 10.0 Å². The molecular formula is C11H12BrN3O2S2. The molecule has 0 spiro atoms. The summed E-state index contributed by atoms with van der Waals surface area (Å²) >= 11 is 4.42. The van der Waals surface area contributed by atoms with E-state index >= 15 is 0 Å². The van der Waals surface area contributed by atoms with Gasteiger partial charge in [0.2, 0.25) is 0 Å². The van der Waals surface area contributed by atoms with Crippen molar-refractivity contribution in [2.45, 2.75) is 11.1 Å². The fourth-order valence-electron chi connectivity index (χ4n) is 1.54. The first-order valence-electron chi connectivity index (χ1n) is 5.29. The molecule has 1 heterocycles. The first-order valence-corrected chi connectivity index (χ1v) is 8.33. The lowest BCUT2D eigenvalue weighted by molar-refractivity contribution is 0.596. The number of benzene rings is 1. The third-order valence-corrected chi connectivity index (χ3v) is 6.16. The van der Waals surface area contributed by atoms with Crippen LogP contribution in [0.1, 0.15) is 5.01 Å². The number of halogens is 1. The van der Waals surface area contributed by atoms with Crippen LogP contribution in [0.2, 0.25) is 0 Å². The maximum absolute atomic E-state index is 12.4. The summed E-state index contributed by atoms with van der Waals surface area (Å²) in [5.74, 6) is 0. The number of aryl methyl sites for hydroxylation is 1. The lowest BCUT2D eigenvalue weighted by Gasteiger charge is -2.20. The van der Waals surface area contributed by atoms with Crippen LogP contribution >= 0.6 is 27.3 Å². The molecule has 1 aromatic carbocycles. The maximum atomic E-state index is 12.4. The first kappa shape index (κ1) is 14.3. The average Bonchev–Trinajstić information content (AvgIpc) is 2.76. The Morgan fingerprint density at radius 2 is 2.11 bits per heavy atom. The monoisotopic (exact) mass is 361 g/mol. The molecule has 0 saturated carbocycles. The highest BCUT2D eigenvalue weighted by Gasteiger charge is 2.24. The zero-order valence-electron chi connectivity index (χ0n) is 10.3. The molecule has 102 valence electrons. The smallest absolute Gasteiger partial charge is 0.275 e. The molecule has 8 heteroatoms. The number of rotatable bonds is 3. The molecule has 0 atom stereocenters. The minimum atomic E-state index is -3.61. The Kier molecular flexibility index (Phi) is 3.84.